The normalized spacial score (nSPS) is 13.7. The van der Waals surface area contributed by atoms with Crippen molar-refractivity contribution in [3.63, 3.8) is 0 Å². The van der Waals surface area contributed by atoms with Gasteiger partial charge in [0.05, 0.1) is 5.76 Å². The molecule has 0 saturated carbocycles. The van der Waals surface area contributed by atoms with Gasteiger partial charge in [0.1, 0.15) is 11.2 Å². The smallest absolute Gasteiger partial charge is 0.162 e. The Morgan fingerprint density at radius 1 is 0.935 bits per heavy atom. The molecule has 0 atom stereocenters. The Balaban J connectivity index is 0.000000259. The van der Waals surface area contributed by atoms with Crippen LogP contribution in [0.15, 0.2) is 64.9 Å². The van der Waals surface area contributed by atoms with Crippen molar-refractivity contribution in [3.05, 3.63) is 88.8 Å². The van der Waals surface area contributed by atoms with E-state index < -0.39 is 0 Å². The van der Waals surface area contributed by atoms with Gasteiger partial charge < -0.3 is 9.52 Å². The van der Waals surface area contributed by atoms with E-state index in [1.165, 1.54) is 39.1 Å². The second-order valence-corrected chi connectivity index (χ2v) is 13.5. The van der Waals surface area contributed by atoms with Crippen LogP contribution >= 0.6 is 0 Å². The third-order valence-electron chi connectivity index (χ3n) is 9.89. The molecule has 2 aromatic heterocycles. The van der Waals surface area contributed by atoms with Crippen molar-refractivity contribution in [2.45, 2.75) is 99.3 Å². The summed E-state index contributed by atoms with van der Waals surface area (Å²) in [5.41, 5.74) is 8.88. The predicted molar refractivity (Wildman–Crippen MR) is 188 cm³/mol. The first-order valence-corrected chi connectivity index (χ1v) is 16.7. The van der Waals surface area contributed by atoms with Gasteiger partial charge in [-0.05, 0) is 61.1 Å². The van der Waals surface area contributed by atoms with E-state index in [0.29, 0.717) is 5.92 Å². The Bertz CT molecular complexity index is 1900. The molecule has 0 bridgehead atoms. The Morgan fingerprint density at radius 3 is 2.24 bits per heavy atom. The van der Waals surface area contributed by atoms with Gasteiger partial charge in [-0.25, -0.2) is 0 Å². The van der Waals surface area contributed by atoms with Gasteiger partial charge in [-0.1, -0.05) is 102 Å². The van der Waals surface area contributed by atoms with Crippen LogP contribution in [-0.4, -0.2) is 15.9 Å². The molecule has 1 aliphatic rings. The zero-order chi connectivity index (χ0) is 32.6. The zero-order valence-electron chi connectivity index (χ0n) is 28.8. The Kier molecular flexibility index (Phi) is 11.0. The number of hydrogen-bond acceptors (Lipinski definition) is 4. The van der Waals surface area contributed by atoms with Crippen LogP contribution in [0.2, 0.25) is 0 Å². The number of rotatable bonds is 8. The SMILES string of the molecule is CCC(CC)C(=O)/C=C(\O)C(CC)CC.Cc1ccc2[c-]c3c(cc2c1)C(C)(C)c1ccc(C(C)C)c2oc4ccnc-3c4c12.[Ir]. The first-order valence-electron chi connectivity index (χ1n) is 16.7. The number of aromatic nitrogens is 1. The first-order chi connectivity index (χ1) is 21.5. The van der Waals surface area contributed by atoms with Gasteiger partial charge in [0, 0.05) is 60.7 Å². The summed E-state index contributed by atoms with van der Waals surface area (Å²) < 4.78 is 6.46. The van der Waals surface area contributed by atoms with Crippen molar-refractivity contribution in [1.82, 2.24) is 4.98 Å². The molecule has 0 unspecified atom stereocenters. The van der Waals surface area contributed by atoms with Gasteiger partial charge in [-0.2, -0.15) is 0 Å². The molecule has 0 spiro atoms. The van der Waals surface area contributed by atoms with Crippen LogP contribution in [0, 0.1) is 24.8 Å². The van der Waals surface area contributed by atoms with E-state index in [9.17, 15) is 9.90 Å². The van der Waals surface area contributed by atoms with Gasteiger partial charge in [-0.15, -0.1) is 23.6 Å². The summed E-state index contributed by atoms with van der Waals surface area (Å²) in [6.45, 7) is 19.3. The predicted octanol–water partition coefficient (Wildman–Crippen LogP) is 11.5. The van der Waals surface area contributed by atoms with Crippen LogP contribution in [0.5, 0.6) is 0 Å². The van der Waals surface area contributed by atoms with Crippen molar-refractivity contribution >= 4 is 38.5 Å². The minimum absolute atomic E-state index is 0. The monoisotopic (exact) mass is 795 g/mol. The Morgan fingerprint density at radius 2 is 1.61 bits per heavy atom. The molecule has 0 saturated heterocycles. The molecule has 1 aliphatic carbocycles. The van der Waals surface area contributed by atoms with Crippen LogP contribution in [0.1, 0.15) is 109 Å². The quantitative estimate of drug-likeness (QED) is 0.0965. The summed E-state index contributed by atoms with van der Waals surface area (Å²) in [7, 11) is 0. The molecule has 5 aromatic rings. The number of hydrogen-bond donors (Lipinski definition) is 1. The second kappa shape index (κ2) is 14.2. The van der Waals surface area contributed by atoms with Crippen LogP contribution in [0.25, 0.3) is 44.0 Å². The first kappa shape index (κ1) is 35.6. The molecule has 4 nitrogen and oxygen atoms in total. The van der Waals surface area contributed by atoms with Gasteiger partial charge >= 0.3 is 0 Å². The summed E-state index contributed by atoms with van der Waals surface area (Å²) in [5, 5.41) is 14.5. The number of benzene rings is 3. The minimum atomic E-state index is -0.199. The maximum Gasteiger partial charge on any atom is 0.162 e. The minimum Gasteiger partial charge on any atom is -0.512 e. The van der Waals surface area contributed by atoms with Crippen molar-refractivity contribution in [2.75, 3.05) is 0 Å². The summed E-state index contributed by atoms with van der Waals surface area (Å²) in [5.74, 6) is 0.938. The maximum atomic E-state index is 11.7. The number of aryl methyl sites for hydroxylation is 1. The van der Waals surface area contributed by atoms with Gasteiger partial charge in [0.2, 0.25) is 0 Å². The number of pyridine rings is 1. The van der Waals surface area contributed by atoms with Gasteiger partial charge in [-0.3, -0.25) is 9.78 Å². The summed E-state index contributed by atoms with van der Waals surface area (Å²) in [6, 6.07) is 19.2. The van der Waals surface area contributed by atoms with E-state index >= 15 is 0 Å². The topological polar surface area (TPSA) is 63.3 Å². The van der Waals surface area contributed by atoms with Crippen molar-refractivity contribution in [2.24, 2.45) is 11.8 Å². The molecular weight excluding hydrogens is 747 g/mol. The van der Waals surface area contributed by atoms with Gasteiger partial charge in [0.25, 0.3) is 0 Å². The van der Waals surface area contributed by atoms with E-state index in [0.717, 1.165) is 58.9 Å². The van der Waals surface area contributed by atoms with Crippen molar-refractivity contribution in [1.29, 1.82) is 0 Å². The van der Waals surface area contributed by atoms with Crippen LogP contribution in [-0.2, 0) is 30.3 Å². The van der Waals surface area contributed by atoms with E-state index in [4.69, 9.17) is 9.40 Å². The van der Waals surface area contributed by atoms with Crippen molar-refractivity contribution in [3.8, 4) is 11.3 Å². The molecular formula is C41H48IrNO3-. The largest absolute Gasteiger partial charge is 0.512 e. The second-order valence-electron chi connectivity index (χ2n) is 13.5. The van der Waals surface area contributed by atoms with Crippen LogP contribution in [0.4, 0.5) is 0 Å². The molecule has 0 amide bonds. The number of fused-ring (bicyclic) bond motifs is 3. The summed E-state index contributed by atoms with van der Waals surface area (Å²) >= 11 is 0. The zero-order valence-corrected chi connectivity index (χ0v) is 31.2. The Labute approximate surface area is 288 Å². The third-order valence-corrected chi connectivity index (χ3v) is 9.89. The molecule has 5 heteroatoms. The van der Waals surface area contributed by atoms with Crippen molar-refractivity contribution < 1.29 is 34.4 Å². The van der Waals surface area contributed by atoms with E-state index in [1.54, 1.807) is 0 Å². The molecule has 0 fully saturated rings. The van der Waals surface area contributed by atoms with Gasteiger partial charge in [0.15, 0.2) is 5.78 Å². The Hall–Kier alpha value is -3.27. The standard InChI is InChI=1S/C28H24NO.C13H24O2.Ir/c1-15(2)19-8-9-21-24-25-23(30-27(19)24)10-11-29-26(25)20-13-17-7-6-16(3)12-18(17)14-22(20)28(21,4)5;1-5-10(6-2)12(14)9-13(15)11(7-3)8-4;/h6-12,14-15H,1-5H3;9-11,14H,5-8H2,1-4H3;/q-1;;/b;12-9-;. The van der Waals surface area contributed by atoms with E-state index in [-0.39, 0.29) is 48.9 Å². The fourth-order valence-electron chi connectivity index (χ4n) is 6.95. The number of carbonyl (C=O) groups excluding carboxylic acids is 1. The van der Waals surface area contributed by atoms with Crippen LogP contribution in [0.3, 0.4) is 0 Å². The molecule has 2 heterocycles. The number of nitrogens with zero attached hydrogens (tertiary/aromatic N) is 1. The summed E-state index contributed by atoms with van der Waals surface area (Å²) in [4.78, 5) is 16.6. The number of carbonyl (C=O) groups is 1. The van der Waals surface area contributed by atoms with E-state index in [1.807, 2.05) is 40.0 Å². The molecule has 6 rings (SSSR count). The molecule has 3 aromatic carbocycles. The van der Waals surface area contributed by atoms with Crippen LogP contribution < -0.4 is 0 Å². The number of ketones is 1. The third kappa shape index (κ3) is 6.34. The fraction of sp³-hybridized carbons (Fsp3) is 0.415. The molecule has 245 valence electrons. The number of aliphatic hydroxyl groups is 1. The van der Waals surface area contributed by atoms with E-state index in [2.05, 4.69) is 77.1 Å². The number of aliphatic hydroxyl groups excluding tert-OH is 1. The average molecular weight is 795 g/mol. The maximum absolute atomic E-state index is 11.7. The molecule has 1 radical (unpaired) electrons. The fourth-order valence-corrected chi connectivity index (χ4v) is 6.95. The summed E-state index contributed by atoms with van der Waals surface area (Å²) in [6.07, 6.45) is 6.77. The molecule has 46 heavy (non-hydrogen) atoms. The number of furan rings is 1. The number of allylic oxidation sites excluding steroid dienone is 2. The molecule has 1 N–H and O–H groups in total. The average Bonchev–Trinajstić information content (AvgIpc) is 3.37. The molecule has 0 aliphatic heterocycles.